The zero-order chi connectivity index (χ0) is 23.8. The third-order valence-corrected chi connectivity index (χ3v) is 6.28. The first-order valence-electron chi connectivity index (χ1n) is 11.2. The molecule has 0 spiro atoms. The summed E-state index contributed by atoms with van der Waals surface area (Å²) in [4.78, 5) is 21.4. The number of rotatable bonds is 4. The highest BCUT2D eigenvalue weighted by molar-refractivity contribution is 6.31. The standard InChI is InChI=1S/C25H30ClFN4O2/c1-25(2,3)33-24(32)30-14-8-9-17(15-30)29(4)23-28-21-12-5-6-13-22(21)31(23)16-18-19(26)10-7-11-20(18)27/h5-7,10-13,17H,8-9,14-16H2,1-4H3/t17-/m1/s1. The Morgan fingerprint density at radius 1 is 1.24 bits per heavy atom. The lowest BCUT2D eigenvalue weighted by Gasteiger charge is -2.38. The van der Waals surface area contributed by atoms with Crippen LogP contribution >= 0.6 is 11.6 Å². The lowest BCUT2D eigenvalue weighted by molar-refractivity contribution is 0.0199. The zero-order valence-electron chi connectivity index (χ0n) is 19.5. The van der Waals surface area contributed by atoms with Gasteiger partial charge in [-0.25, -0.2) is 14.2 Å². The number of hydrogen-bond donors (Lipinski definition) is 0. The van der Waals surface area contributed by atoms with Crippen LogP contribution in [0.1, 0.15) is 39.2 Å². The molecule has 0 aliphatic carbocycles. The Kier molecular flexibility index (Phi) is 6.52. The van der Waals surface area contributed by atoms with Crippen molar-refractivity contribution in [3.8, 4) is 0 Å². The number of benzene rings is 2. The van der Waals surface area contributed by atoms with Gasteiger partial charge in [-0.2, -0.15) is 0 Å². The molecule has 4 rings (SSSR count). The molecule has 1 saturated heterocycles. The molecule has 0 saturated carbocycles. The van der Waals surface area contributed by atoms with Crippen LogP contribution in [0.25, 0.3) is 11.0 Å². The van der Waals surface area contributed by atoms with Gasteiger partial charge < -0.3 is 19.1 Å². The second-order valence-electron chi connectivity index (χ2n) is 9.52. The number of carbonyl (C=O) groups excluding carboxylic acids is 1. The second kappa shape index (κ2) is 9.21. The first-order valence-corrected chi connectivity index (χ1v) is 11.6. The van der Waals surface area contributed by atoms with Crippen LogP contribution in [-0.2, 0) is 11.3 Å². The van der Waals surface area contributed by atoms with E-state index in [4.69, 9.17) is 21.3 Å². The molecule has 33 heavy (non-hydrogen) atoms. The van der Waals surface area contributed by atoms with Crippen LogP contribution < -0.4 is 4.90 Å². The fraction of sp³-hybridized carbons (Fsp3) is 0.440. The summed E-state index contributed by atoms with van der Waals surface area (Å²) >= 11 is 6.34. The Morgan fingerprint density at radius 2 is 2.00 bits per heavy atom. The molecule has 1 aliphatic heterocycles. The van der Waals surface area contributed by atoms with Crippen LogP contribution in [0.3, 0.4) is 0 Å². The summed E-state index contributed by atoms with van der Waals surface area (Å²) in [6, 6.07) is 12.6. The SMILES string of the molecule is CN(c1nc2ccccc2n1Cc1c(F)cccc1Cl)[C@@H]1CCCN(C(=O)OC(C)(C)C)C1. The van der Waals surface area contributed by atoms with Gasteiger partial charge in [-0.3, -0.25) is 0 Å². The van der Waals surface area contributed by atoms with Gasteiger partial charge in [0.1, 0.15) is 11.4 Å². The van der Waals surface area contributed by atoms with E-state index < -0.39 is 5.60 Å². The molecule has 1 aromatic heterocycles. The molecule has 1 fully saturated rings. The van der Waals surface area contributed by atoms with Crippen LogP contribution in [0.5, 0.6) is 0 Å². The quantitative estimate of drug-likeness (QED) is 0.487. The van der Waals surface area contributed by atoms with E-state index in [9.17, 15) is 9.18 Å². The smallest absolute Gasteiger partial charge is 0.410 e. The Labute approximate surface area is 198 Å². The first-order chi connectivity index (χ1) is 15.6. The van der Waals surface area contributed by atoms with Gasteiger partial charge in [-0.15, -0.1) is 0 Å². The molecule has 0 unspecified atom stereocenters. The van der Waals surface area contributed by atoms with E-state index in [1.807, 2.05) is 56.7 Å². The van der Waals surface area contributed by atoms with Crippen molar-refractivity contribution in [1.29, 1.82) is 0 Å². The van der Waals surface area contributed by atoms with Gasteiger partial charge in [0.05, 0.1) is 17.6 Å². The van der Waals surface area contributed by atoms with Gasteiger partial charge in [0, 0.05) is 36.8 Å². The van der Waals surface area contributed by atoms with Crippen molar-refractivity contribution in [3.05, 3.63) is 58.9 Å². The summed E-state index contributed by atoms with van der Waals surface area (Å²) in [5, 5.41) is 0.384. The summed E-state index contributed by atoms with van der Waals surface area (Å²) in [5.74, 6) is 0.370. The van der Waals surface area contributed by atoms with E-state index in [-0.39, 0.29) is 24.5 Å². The Bertz CT molecular complexity index is 1140. The molecule has 8 heteroatoms. The molecule has 0 N–H and O–H groups in total. The van der Waals surface area contributed by atoms with Crippen LogP contribution in [0.15, 0.2) is 42.5 Å². The second-order valence-corrected chi connectivity index (χ2v) is 9.93. The number of likely N-dealkylation sites (tertiary alicyclic amines) is 1. The number of anilines is 1. The maximum Gasteiger partial charge on any atom is 0.410 e. The molecule has 1 amide bonds. The highest BCUT2D eigenvalue weighted by atomic mass is 35.5. The summed E-state index contributed by atoms with van der Waals surface area (Å²) in [7, 11) is 1.98. The maximum atomic E-state index is 14.6. The minimum absolute atomic E-state index is 0.0536. The third kappa shape index (κ3) is 5.08. The van der Waals surface area contributed by atoms with Crippen molar-refractivity contribution in [2.24, 2.45) is 0 Å². The van der Waals surface area contributed by atoms with Gasteiger partial charge in [-0.05, 0) is 57.9 Å². The largest absolute Gasteiger partial charge is 0.444 e. The molecule has 2 heterocycles. The van der Waals surface area contributed by atoms with E-state index >= 15 is 0 Å². The normalized spacial score (nSPS) is 16.8. The number of likely N-dealkylation sites (N-methyl/N-ethyl adjacent to an activating group) is 1. The number of fused-ring (bicyclic) bond motifs is 1. The minimum atomic E-state index is -0.539. The zero-order valence-corrected chi connectivity index (χ0v) is 20.3. The van der Waals surface area contributed by atoms with Gasteiger partial charge in [0.2, 0.25) is 5.95 Å². The first kappa shape index (κ1) is 23.4. The summed E-state index contributed by atoms with van der Waals surface area (Å²) in [6.45, 7) is 7.07. The Balaban J connectivity index is 1.65. The molecule has 0 radical (unpaired) electrons. The van der Waals surface area contributed by atoms with Crippen molar-refractivity contribution >= 4 is 34.7 Å². The fourth-order valence-electron chi connectivity index (χ4n) is 4.26. The van der Waals surface area contributed by atoms with Crippen LogP contribution in [-0.4, -0.2) is 52.3 Å². The highest BCUT2D eigenvalue weighted by Gasteiger charge is 2.31. The molecular formula is C25H30ClFN4O2. The van der Waals surface area contributed by atoms with Gasteiger partial charge in [0.15, 0.2) is 0 Å². The number of halogens is 2. The van der Waals surface area contributed by atoms with Crippen molar-refractivity contribution in [2.45, 2.75) is 51.8 Å². The predicted octanol–water partition coefficient (Wildman–Crippen LogP) is 5.71. The Morgan fingerprint density at radius 3 is 2.73 bits per heavy atom. The van der Waals surface area contributed by atoms with E-state index in [0.717, 1.165) is 23.9 Å². The van der Waals surface area contributed by atoms with Gasteiger partial charge >= 0.3 is 6.09 Å². The third-order valence-electron chi connectivity index (χ3n) is 5.92. The molecule has 176 valence electrons. The number of aromatic nitrogens is 2. The monoisotopic (exact) mass is 472 g/mol. The van der Waals surface area contributed by atoms with E-state index in [1.165, 1.54) is 6.07 Å². The number of para-hydroxylation sites is 2. The molecule has 1 aliphatic rings. The highest BCUT2D eigenvalue weighted by Crippen LogP contribution is 2.29. The molecular weight excluding hydrogens is 443 g/mol. The van der Waals surface area contributed by atoms with Crippen LogP contribution in [0.4, 0.5) is 15.1 Å². The van der Waals surface area contributed by atoms with Crippen molar-refractivity contribution in [3.63, 3.8) is 0 Å². The number of hydrogen-bond acceptors (Lipinski definition) is 4. The average Bonchev–Trinajstić information content (AvgIpc) is 3.13. The summed E-state index contributed by atoms with van der Waals surface area (Å²) in [6.07, 6.45) is 1.49. The fourth-order valence-corrected chi connectivity index (χ4v) is 4.48. The molecule has 0 bridgehead atoms. The lowest BCUT2D eigenvalue weighted by atomic mass is 10.1. The van der Waals surface area contributed by atoms with E-state index in [1.54, 1.807) is 17.0 Å². The number of imidazole rings is 1. The molecule has 6 nitrogen and oxygen atoms in total. The van der Waals surface area contributed by atoms with Gasteiger partial charge in [-0.1, -0.05) is 29.8 Å². The van der Waals surface area contributed by atoms with Crippen molar-refractivity contribution in [2.75, 3.05) is 25.0 Å². The Hall–Kier alpha value is -2.80. The average molecular weight is 473 g/mol. The number of amides is 1. The topological polar surface area (TPSA) is 50.6 Å². The number of carbonyl (C=O) groups is 1. The van der Waals surface area contributed by atoms with E-state index in [0.29, 0.717) is 29.6 Å². The number of nitrogens with zero attached hydrogens (tertiary/aromatic N) is 4. The van der Waals surface area contributed by atoms with Crippen LogP contribution in [0, 0.1) is 5.82 Å². The van der Waals surface area contributed by atoms with Crippen LogP contribution in [0.2, 0.25) is 5.02 Å². The predicted molar refractivity (Wildman–Crippen MR) is 129 cm³/mol. The molecule has 2 aromatic carbocycles. The van der Waals surface area contributed by atoms with E-state index in [2.05, 4.69) is 4.90 Å². The van der Waals surface area contributed by atoms with Crippen molar-refractivity contribution in [1.82, 2.24) is 14.5 Å². The lowest BCUT2D eigenvalue weighted by Crippen LogP contribution is -2.50. The minimum Gasteiger partial charge on any atom is -0.444 e. The summed E-state index contributed by atoms with van der Waals surface area (Å²) in [5.41, 5.74) is 1.62. The number of ether oxygens (including phenoxy) is 1. The van der Waals surface area contributed by atoms with Gasteiger partial charge in [0.25, 0.3) is 0 Å². The molecule has 3 aromatic rings. The summed E-state index contributed by atoms with van der Waals surface area (Å²) < 4.78 is 22.2. The number of piperidine rings is 1. The van der Waals surface area contributed by atoms with Crippen molar-refractivity contribution < 1.29 is 13.9 Å². The maximum absolute atomic E-state index is 14.6. The molecule has 1 atom stereocenters.